The van der Waals surface area contributed by atoms with Gasteiger partial charge in [-0.25, -0.2) is 0 Å². The van der Waals surface area contributed by atoms with Gasteiger partial charge in [0.05, 0.1) is 0 Å². The molecule has 0 saturated heterocycles. The average molecular weight is 255 g/mol. The average Bonchev–Trinajstić information content (AvgIpc) is 2.39. The molecule has 0 amide bonds. The quantitative estimate of drug-likeness (QED) is 0.807. The molecule has 0 aromatic heterocycles. The molecule has 2 aliphatic carbocycles. The monoisotopic (exact) mass is 255 g/mol. The maximum Gasteiger partial charge on any atom is 0.0198 e. The van der Waals surface area contributed by atoms with Crippen molar-refractivity contribution in [3.8, 4) is 0 Å². The Labute approximate surface area is 112 Å². The molecule has 2 fully saturated rings. The minimum Gasteiger partial charge on any atom is -0.310 e. The summed E-state index contributed by atoms with van der Waals surface area (Å²) in [6, 6.07) is 1.63. The lowest BCUT2D eigenvalue weighted by molar-refractivity contribution is 0.244. The molecule has 2 heteroatoms. The van der Waals surface area contributed by atoms with Gasteiger partial charge >= 0.3 is 0 Å². The van der Waals surface area contributed by atoms with E-state index in [1.165, 1.54) is 57.8 Å². The first kappa shape index (κ1) is 13.7. The molecule has 0 aliphatic heterocycles. The minimum absolute atomic E-state index is 0.805. The lowest BCUT2D eigenvalue weighted by Crippen LogP contribution is -2.47. The van der Waals surface area contributed by atoms with Crippen molar-refractivity contribution in [3.63, 3.8) is 0 Å². The molecule has 2 aliphatic rings. The van der Waals surface area contributed by atoms with Crippen LogP contribution >= 0.6 is 11.8 Å². The van der Waals surface area contributed by atoms with Gasteiger partial charge in [0, 0.05) is 17.3 Å². The Morgan fingerprint density at radius 2 is 1.88 bits per heavy atom. The fourth-order valence-corrected chi connectivity index (χ4v) is 4.63. The van der Waals surface area contributed by atoms with Gasteiger partial charge in [0.15, 0.2) is 0 Å². The summed E-state index contributed by atoms with van der Waals surface area (Å²) in [5, 5.41) is 4.88. The molecule has 2 saturated carbocycles. The number of rotatable bonds is 4. The number of nitrogens with one attached hydrogen (secondary N) is 1. The van der Waals surface area contributed by atoms with Crippen LogP contribution in [-0.2, 0) is 0 Å². The van der Waals surface area contributed by atoms with Crippen LogP contribution in [0.1, 0.15) is 64.7 Å². The zero-order valence-electron chi connectivity index (χ0n) is 11.6. The zero-order valence-corrected chi connectivity index (χ0v) is 12.4. The Morgan fingerprint density at radius 1 is 1.06 bits per heavy atom. The summed E-state index contributed by atoms with van der Waals surface area (Å²) < 4.78 is 0. The number of hydrogen-bond acceptors (Lipinski definition) is 2. The van der Waals surface area contributed by atoms with E-state index in [1.54, 1.807) is 0 Å². The second kappa shape index (κ2) is 7.04. The van der Waals surface area contributed by atoms with Gasteiger partial charge in [-0.2, -0.15) is 11.8 Å². The zero-order chi connectivity index (χ0) is 12.1. The fraction of sp³-hybridized carbons (Fsp3) is 1.00. The minimum atomic E-state index is 0.805. The van der Waals surface area contributed by atoms with Crippen molar-refractivity contribution in [1.82, 2.24) is 5.32 Å². The van der Waals surface area contributed by atoms with Crippen molar-refractivity contribution in [2.75, 3.05) is 6.26 Å². The van der Waals surface area contributed by atoms with Gasteiger partial charge in [0.2, 0.25) is 0 Å². The van der Waals surface area contributed by atoms with Gasteiger partial charge in [-0.3, -0.25) is 0 Å². The molecule has 0 bridgehead atoms. The normalized spacial score (nSPS) is 39.2. The second-order valence-electron chi connectivity index (χ2n) is 5.97. The van der Waals surface area contributed by atoms with E-state index in [2.05, 4.69) is 30.3 Å². The van der Waals surface area contributed by atoms with E-state index in [4.69, 9.17) is 0 Å². The van der Waals surface area contributed by atoms with Gasteiger partial charge in [-0.05, 0) is 37.9 Å². The third kappa shape index (κ3) is 3.89. The summed E-state index contributed by atoms with van der Waals surface area (Å²) in [6.45, 7) is 2.36. The first-order valence-electron chi connectivity index (χ1n) is 7.62. The fourth-order valence-electron chi connectivity index (χ4n) is 3.69. The van der Waals surface area contributed by atoms with E-state index in [0.717, 1.165) is 23.3 Å². The lowest BCUT2D eigenvalue weighted by atomic mass is 9.83. The van der Waals surface area contributed by atoms with Gasteiger partial charge < -0.3 is 5.32 Å². The van der Waals surface area contributed by atoms with Crippen LogP contribution in [0.15, 0.2) is 0 Å². The number of hydrogen-bond donors (Lipinski definition) is 1. The van der Waals surface area contributed by atoms with Crippen molar-refractivity contribution in [2.45, 2.75) is 82.0 Å². The Morgan fingerprint density at radius 3 is 2.65 bits per heavy atom. The maximum absolute atomic E-state index is 4.00. The summed E-state index contributed by atoms with van der Waals surface area (Å²) in [6.07, 6.45) is 15.2. The number of thioether (sulfide) groups is 1. The summed E-state index contributed by atoms with van der Waals surface area (Å²) >= 11 is 2.09. The first-order chi connectivity index (χ1) is 8.33. The van der Waals surface area contributed by atoms with E-state index in [0.29, 0.717) is 0 Å². The van der Waals surface area contributed by atoms with Crippen LogP contribution in [-0.4, -0.2) is 23.6 Å². The van der Waals surface area contributed by atoms with Crippen LogP contribution in [0, 0.1) is 5.92 Å². The molecule has 0 heterocycles. The van der Waals surface area contributed by atoms with Gasteiger partial charge in [0.1, 0.15) is 0 Å². The first-order valence-corrected chi connectivity index (χ1v) is 8.91. The van der Waals surface area contributed by atoms with Crippen molar-refractivity contribution in [3.05, 3.63) is 0 Å². The predicted molar refractivity (Wildman–Crippen MR) is 78.7 cm³/mol. The van der Waals surface area contributed by atoms with Gasteiger partial charge in [-0.15, -0.1) is 0 Å². The Balaban J connectivity index is 1.81. The van der Waals surface area contributed by atoms with Crippen LogP contribution in [0.25, 0.3) is 0 Å². The second-order valence-corrected chi connectivity index (χ2v) is 7.05. The predicted octanol–water partition coefficient (Wildman–Crippen LogP) is 4.22. The maximum atomic E-state index is 4.00. The molecule has 4 unspecified atom stereocenters. The third-order valence-electron chi connectivity index (χ3n) is 4.82. The molecule has 0 radical (unpaired) electrons. The molecule has 1 nitrogen and oxygen atoms in total. The molecule has 17 heavy (non-hydrogen) atoms. The molecule has 0 aromatic carbocycles. The summed E-state index contributed by atoms with van der Waals surface area (Å²) in [5.74, 6) is 0.998. The largest absolute Gasteiger partial charge is 0.310 e. The van der Waals surface area contributed by atoms with Crippen molar-refractivity contribution in [1.29, 1.82) is 0 Å². The summed E-state index contributed by atoms with van der Waals surface area (Å²) in [4.78, 5) is 0. The molecule has 0 aromatic rings. The van der Waals surface area contributed by atoms with E-state index < -0.39 is 0 Å². The molecular formula is C15H29NS. The Hall–Kier alpha value is 0.310. The highest BCUT2D eigenvalue weighted by atomic mass is 32.2. The van der Waals surface area contributed by atoms with Crippen LogP contribution in [0.4, 0.5) is 0 Å². The van der Waals surface area contributed by atoms with Gasteiger partial charge in [0.25, 0.3) is 0 Å². The third-order valence-corrected chi connectivity index (χ3v) is 5.98. The smallest absolute Gasteiger partial charge is 0.0198 e. The van der Waals surface area contributed by atoms with E-state index >= 15 is 0 Å². The molecule has 2 rings (SSSR count). The van der Waals surface area contributed by atoms with E-state index in [1.807, 2.05) is 0 Å². The lowest BCUT2D eigenvalue weighted by Gasteiger charge is -2.37. The SMILES string of the molecule is CCC1CCCC(NC2CCCCC2SC)C1. The molecule has 0 spiro atoms. The topological polar surface area (TPSA) is 12.0 Å². The summed E-state index contributed by atoms with van der Waals surface area (Å²) in [7, 11) is 0. The van der Waals surface area contributed by atoms with Crippen LogP contribution in [0.2, 0.25) is 0 Å². The van der Waals surface area contributed by atoms with Crippen LogP contribution in [0.3, 0.4) is 0 Å². The molecular weight excluding hydrogens is 226 g/mol. The standard InChI is InChI=1S/C15H29NS/c1-3-12-7-6-8-13(11-12)16-14-9-4-5-10-15(14)17-2/h12-16H,3-11H2,1-2H3. The highest BCUT2D eigenvalue weighted by Crippen LogP contribution is 2.31. The molecule has 100 valence electrons. The van der Waals surface area contributed by atoms with Crippen molar-refractivity contribution >= 4 is 11.8 Å². The van der Waals surface area contributed by atoms with Crippen molar-refractivity contribution in [2.24, 2.45) is 5.92 Å². The van der Waals surface area contributed by atoms with Crippen LogP contribution < -0.4 is 5.32 Å². The Bertz CT molecular complexity index is 219. The van der Waals surface area contributed by atoms with Crippen LogP contribution in [0.5, 0.6) is 0 Å². The molecule has 4 atom stereocenters. The highest BCUT2D eigenvalue weighted by Gasteiger charge is 2.28. The Kier molecular flexibility index (Phi) is 5.68. The highest BCUT2D eigenvalue weighted by molar-refractivity contribution is 7.99. The van der Waals surface area contributed by atoms with Crippen molar-refractivity contribution < 1.29 is 0 Å². The van der Waals surface area contributed by atoms with Gasteiger partial charge in [-0.1, -0.05) is 39.0 Å². The van der Waals surface area contributed by atoms with E-state index in [-0.39, 0.29) is 0 Å². The summed E-state index contributed by atoms with van der Waals surface area (Å²) in [5.41, 5.74) is 0. The van der Waals surface area contributed by atoms with E-state index in [9.17, 15) is 0 Å². The molecule has 1 N–H and O–H groups in total.